The van der Waals surface area contributed by atoms with Crippen LogP contribution in [-0.4, -0.2) is 30.8 Å². The molecule has 3 rings (SSSR count). The Kier molecular flexibility index (Phi) is 5.64. The molecule has 0 unspecified atom stereocenters. The molecule has 0 aliphatic carbocycles. The van der Waals surface area contributed by atoms with E-state index in [-0.39, 0.29) is 24.4 Å². The fourth-order valence-electron chi connectivity index (χ4n) is 3.15. The molecule has 5 nitrogen and oxygen atoms in total. The minimum Gasteiger partial charge on any atom is -0.457 e. The molecule has 1 saturated heterocycles. The van der Waals surface area contributed by atoms with Gasteiger partial charge in [0, 0.05) is 24.2 Å². The van der Waals surface area contributed by atoms with Gasteiger partial charge in [-0.1, -0.05) is 25.1 Å². The number of para-hydroxylation sites is 1. The number of ketones is 1. The highest BCUT2D eigenvalue weighted by Gasteiger charge is 2.37. The number of carbonyl (C=O) groups is 3. The van der Waals surface area contributed by atoms with Crippen molar-refractivity contribution in [1.29, 1.82) is 0 Å². The minimum absolute atomic E-state index is 0.0572. The molecule has 27 heavy (non-hydrogen) atoms. The minimum atomic E-state index is -0.608. The number of hydrogen-bond acceptors (Lipinski definition) is 4. The number of ether oxygens (including phenoxy) is 1. The highest BCUT2D eigenvalue weighted by molar-refractivity contribution is 6.01. The van der Waals surface area contributed by atoms with Gasteiger partial charge in [0.2, 0.25) is 5.91 Å². The number of carbonyl (C=O) groups excluding carboxylic acids is 3. The number of Topliss-reactive ketones (excluding diaryl/α,β-unsaturated/α-hetero) is 1. The first-order chi connectivity index (χ1) is 13.0. The summed E-state index contributed by atoms with van der Waals surface area (Å²) in [6.45, 7) is 1.81. The van der Waals surface area contributed by atoms with E-state index in [1.54, 1.807) is 4.90 Å². The fraction of sp³-hybridized carbons (Fsp3) is 0.286. The van der Waals surface area contributed by atoms with Crippen molar-refractivity contribution in [3.8, 4) is 0 Å². The van der Waals surface area contributed by atoms with Crippen molar-refractivity contribution in [3.05, 3.63) is 65.5 Å². The van der Waals surface area contributed by atoms with Crippen LogP contribution in [0.5, 0.6) is 0 Å². The maximum atomic E-state index is 12.9. The largest absolute Gasteiger partial charge is 0.457 e. The Balaban J connectivity index is 1.60. The normalized spacial score (nSPS) is 16.4. The molecule has 1 heterocycles. The van der Waals surface area contributed by atoms with Gasteiger partial charge in [-0.25, -0.2) is 4.39 Å². The van der Waals surface area contributed by atoms with Crippen LogP contribution in [0.25, 0.3) is 0 Å². The van der Waals surface area contributed by atoms with Crippen molar-refractivity contribution in [2.45, 2.75) is 19.8 Å². The van der Waals surface area contributed by atoms with Crippen LogP contribution in [0.3, 0.4) is 0 Å². The summed E-state index contributed by atoms with van der Waals surface area (Å²) in [5.74, 6) is -2.18. The zero-order valence-electron chi connectivity index (χ0n) is 15.0. The summed E-state index contributed by atoms with van der Waals surface area (Å²) in [5, 5.41) is 0. The van der Waals surface area contributed by atoms with Gasteiger partial charge in [0.1, 0.15) is 5.82 Å². The van der Waals surface area contributed by atoms with Gasteiger partial charge in [-0.15, -0.1) is 0 Å². The average Bonchev–Trinajstić information content (AvgIpc) is 3.08. The Bertz CT molecular complexity index is 863. The maximum absolute atomic E-state index is 12.9. The summed E-state index contributed by atoms with van der Waals surface area (Å²) in [6, 6.07) is 12.6. The standard InChI is InChI=1S/C21H20FNO4/c1-2-14-5-3-4-6-18(14)23-12-16(11-20(23)25)21(26)27-13-19(24)15-7-9-17(22)10-8-15/h3-10,16H,2,11-13H2,1H3/t16-/m1/s1. The first-order valence-electron chi connectivity index (χ1n) is 8.83. The van der Waals surface area contributed by atoms with Crippen molar-refractivity contribution >= 4 is 23.3 Å². The van der Waals surface area contributed by atoms with Gasteiger partial charge < -0.3 is 9.64 Å². The van der Waals surface area contributed by atoms with Gasteiger partial charge in [0.05, 0.1) is 5.92 Å². The molecule has 1 aliphatic rings. The quantitative estimate of drug-likeness (QED) is 0.580. The molecule has 1 aliphatic heterocycles. The number of hydrogen-bond donors (Lipinski definition) is 0. The monoisotopic (exact) mass is 369 g/mol. The summed E-state index contributed by atoms with van der Waals surface area (Å²) in [6.07, 6.45) is 0.836. The molecular weight excluding hydrogens is 349 g/mol. The number of esters is 1. The molecule has 2 aromatic carbocycles. The SMILES string of the molecule is CCc1ccccc1N1C[C@H](C(=O)OCC(=O)c2ccc(F)cc2)CC1=O. The number of rotatable bonds is 6. The van der Waals surface area contributed by atoms with E-state index < -0.39 is 30.1 Å². The van der Waals surface area contributed by atoms with Crippen molar-refractivity contribution in [3.63, 3.8) is 0 Å². The number of benzene rings is 2. The third-order valence-corrected chi connectivity index (χ3v) is 4.63. The Morgan fingerprint density at radius 1 is 1.15 bits per heavy atom. The van der Waals surface area contributed by atoms with Gasteiger partial charge >= 0.3 is 5.97 Å². The molecule has 0 N–H and O–H groups in total. The van der Waals surface area contributed by atoms with E-state index in [0.29, 0.717) is 0 Å². The molecule has 6 heteroatoms. The van der Waals surface area contributed by atoms with E-state index in [0.717, 1.165) is 17.7 Å². The van der Waals surface area contributed by atoms with Crippen LogP contribution in [0.2, 0.25) is 0 Å². The van der Waals surface area contributed by atoms with Gasteiger partial charge in [-0.2, -0.15) is 0 Å². The molecule has 0 spiro atoms. The van der Waals surface area contributed by atoms with Crippen molar-refractivity contribution in [2.24, 2.45) is 5.92 Å². The van der Waals surface area contributed by atoms with Gasteiger partial charge in [0.15, 0.2) is 12.4 Å². The number of aryl methyl sites for hydroxylation is 1. The highest BCUT2D eigenvalue weighted by Crippen LogP contribution is 2.29. The lowest BCUT2D eigenvalue weighted by Crippen LogP contribution is -2.28. The van der Waals surface area contributed by atoms with E-state index >= 15 is 0 Å². The van der Waals surface area contributed by atoms with E-state index in [9.17, 15) is 18.8 Å². The fourth-order valence-corrected chi connectivity index (χ4v) is 3.15. The zero-order chi connectivity index (χ0) is 19.4. The third kappa shape index (κ3) is 4.22. The summed E-state index contributed by atoms with van der Waals surface area (Å²) < 4.78 is 18.0. The summed E-state index contributed by atoms with van der Waals surface area (Å²) in [7, 11) is 0. The topological polar surface area (TPSA) is 63.7 Å². The lowest BCUT2D eigenvalue weighted by molar-refractivity contribution is -0.147. The summed E-state index contributed by atoms with van der Waals surface area (Å²) in [5.41, 5.74) is 2.11. The number of anilines is 1. The average molecular weight is 369 g/mol. The highest BCUT2D eigenvalue weighted by atomic mass is 19.1. The summed E-state index contributed by atoms with van der Waals surface area (Å²) >= 11 is 0. The van der Waals surface area contributed by atoms with E-state index in [2.05, 4.69) is 0 Å². The van der Waals surface area contributed by atoms with Crippen LogP contribution >= 0.6 is 0 Å². The lowest BCUT2D eigenvalue weighted by Gasteiger charge is -2.19. The van der Waals surface area contributed by atoms with Gasteiger partial charge in [0.25, 0.3) is 0 Å². The Morgan fingerprint density at radius 3 is 2.56 bits per heavy atom. The van der Waals surface area contributed by atoms with Crippen LogP contribution in [0, 0.1) is 11.7 Å². The molecule has 140 valence electrons. The Labute approximate surface area is 156 Å². The van der Waals surface area contributed by atoms with E-state index in [4.69, 9.17) is 4.74 Å². The number of nitrogens with zero attached hydrogens (tertiary/aromatic N) is 1. The first-order valence-corrected chi connectivity index (χ1v) is 8.83. The molecule has 1 fully saturated rings. The molecular formula is C21H20FNO4. The van der Waals surface area contributed by atoms with E-state index in [1.807, 2.05) is 31.2 Å². The van der Waals surface area contributed by atoms with E-state index in [1.165, 1.54) is 24.3 Å². The van der Waals surface area contributed by atoms with Crippen LogP contribution in [-0.2, 0) is 20.7 Å². The Morgan fingerprint density at radius 2 is 1.85 bits per heavy atom. The number of amides is 1. The van der Waals surface area contributed by atoms with Crippen LogP contribution < -0.4 is 4.90 Å². The van der Waals surface area contributed by atoms with Crippen molar-refractivity contribution < 1.29 is 23.5 Å². The predicted octanol–water partition coefficient (Wildman–Crippen LogP) is 3.17. The van der Waals surface area contributed by atoms with Gasteiger partial charge in [-0.05, 0) is 42.3 Å². The summed E-state index contributed by atoms with van der Waals surface area (Å²) in [4.78, 5) is 38.3. The Hall–Kier alpha value is -3.02. The molecule has 0 bridgehead atoms. The number of halogens is 1. The molecule has 1 amide bonds. The maximum Gasteiger partial charge on any atom is 0.311 e. The third-order valence-electron chi connectivity index (χ3n) is 4.63. The molecule has 1 atom stereocenters. The second-order valence-corrected chi connectivity index (χ2v) is 6.43. The second-order valence-electron chi connectivity index (χ2n) is 6.43. The molecule has 2 aromatic rings. The van der Waals surface area contributed by atoms with Crippen molar-refractivity contribution in [2.75, 3.05) is 18.1 Å². The zero-order valence-corrected chi connectivity index (χ0v) is 15.0. The molecule has 0 radical (unpaired) electrons. The predicted molar refractivity (Wildman–Crippen MR) is 98.0 cm³/mol. The smallest absolute Gasteiger partial charge is 0.311 e. The lowest BCUT2D eigenvalue weighted by atomic mass is 10.1. The molecule has 0 aromatic heterocycles. The second kappa shape index (κ2) is 8.12. The molecule has 0 saturated carbocycles. The first kappa shape index (κ1) is 18.8. The van der Waals surface area contributed by atoms with Crippen molar-refractivity contribution in [1.82, 2.24) is 0 Å². The van der Waals surface area contributed by atoms with Gasteiger partial charge in [-0.3, -0.25) is 14.4 Å². The van der Waals surface area contributed by atoms with Crippen LogP contribution in [0.15, 0.2) is 48.5 Å². The van der Waals surface area contributed by atoms with Crippen LogP contribution in [0.1, 0.15) is 29.3 Å². The van der Waals surface area contributed by atoms with Crippen LogP contribution in [0.4, 0.5) is 10.1 Å².